The molecule has 1 amide bonds. The fourth-order valence-electron chi connectivity index (χ4n) is 2.58. The van der Waals surface area contributed by atoms with E-state index in [0.29, 0.717) is 18.0 Å². The summed E-state index contributed by atoms with van der Waals surface area (Å²) >= 11 is 1.72. The monoisotopic (exact) mass is 376 g/mol. The minimum Gasteiger partial charge on any atom is -0.485 e. The number of fused-ring (bicyclic) bond motifs is 1. The van der Waals surface area contributed by atoms with Crippen LogP contribution in [0.15, 0.2) is 40.8 Å². The van der Waals surface area contributed by atoms with Crippen molar-refractivity contribution in [2.45, 2.75) is 18.4 Å². The van der Waals surface area contributed by atoms with Crippen LogP contribution in [0.1, 0.15) is 11.5 Å². The summed E-state index contributed by atoms with van der Waals surface area (Å²) in [6.45, 7) is 1.61. The van der Waals surface area contributed by atoms with Crippen molar-refractivity contribution < 1.29 is 18.7 Å². The molecule has 26 heavy (non-hydrogen) atoms. The van der Waals surface area contributed by atoms with Crippen LogP contribution in [0.2, 0.25) is 0 Å². The predicted molar refractivity (Wildman–Crippen MR) is 102 cm³/mol. The molecule has 1 aromatic carbocycles. The van der Waals surface area contributed by atoms with Crippen LogP contribution in [0.25, 0.3) is 0 Å². The third-order valence-corrected chi connectivity index (χ3v) is 4.76. The van der Waals surface area contributed by atoms with E-state index in [1.54, 1.807) is 17.8 Å². The Morgan fingerprint density at radius 1 is 1.19 bits per heavy atom. The molecule has 7 heteroatoms. The van der Waals surface area contributed by atoms with Gasteiger partial charge in [0.1, 0.15) is 18.1 Å². The molecule has 0 bridgehead atoms. The first-order valence-corrected chi connectivity index (χ1v) is 9.73. The summed E-state index contributed by atoms with van der Waals surface area (Å²) in [5.41, 5.74) is 0. The van der Waals surface area contributed by atoms with Crippen molar-refractivity contribution in [2.75, 3.05) is 33.0 Å². The summed E-state index contributed by atoms with van der Waals surface area (Å²) in [6, 6.07) is 11.4. The van der Waals surface area contributed by atoms with E-state index in [0.717, 1.165) is 29.6 Å². The molecular formula is C19H24N2O4S. The van der Waals surface area contributed by atoms with Gasteiger partial charge < -0.3 is 24.1 Å². The first kappa shape index (κ1) is 18.7. The second-order valence-electron chi connectivity index (χ2n) is 6.31. The van der Waals surface area contributed by atoms with Crippen LogP contribution in [-0.4, -0.2) is 49.9 Å². The van der Waals surface area contributed by atoms with Gasteiger partial charge in [-0.15, -0.1) is 0 Å². The molecule has 1 aromatic heterocycles. The molecule has 0 fully saturated rings. The molecule has 0 aliphatic carbocycles. The Hall–Kier alpha value is -2.12. The molecular weight excluding hydrogens is 352 g/mol. The molecule has 3 rings (SSSR count). The van der Waals surface area contributed by atoms with Gasteiger partial charge in [-0.25, -0.2) is 0 Å². The van der Waals surface area contributed by atoms with E-state index in [2.05, 4.69) is 10.2 Å². The Kier molecular flexibility index (Phi) is 6.46. The second-order valence-corrected chi connectivity index (χ2v) is 7.42. The second kappa shape index (κ2) is 9.00. The van der Waals surface area contributed by atoms with Crippen molar-refractivity contribution in [3.8, 4) is 11.5 Å². The van der Waals surface area contributed by atoms with Gasteiger partial charge in [0.25, 0.3) is 5.91 Å². The van der Waals surface area contributed by atoms with E-state index >= 15 is 0 Å². The summed E-state index contributed by atoms with van der Waals surface area (Å²) < 4.78 is 17.0. The zero-order valence-electron chi connectivity index (χ0n) is 15.1. The lowest BCUT2D eigenvalue weighted by Gasteiger charge is -2.25. The number of furan rings is 1. The predicted octanol–water partition coefficient (Wildman–Crippen LogP) is 2.53. The summed E-state index contributed by atoms with van der Waals surface area (Å²) in [7, 11) is 4.03. The maximum absolute atomic E-state index is 12.2. The standard InChI is InChI=1S/C19H24N2O4S/c1-21(2)11-14-7-8-15(24-14)13-26-10-9-20-19(22)18-12-23-16-5-3-4-6-17(16)25-18/h3-8,18H,9-13H2,1-2H3,(H,20,22). The molecule has 1 N–H and O–H groups in total. The number of carbonyl (C=O) groups is 1. The highest BCUT2D eigenvalue weighted by Crippen LogP contribution is 2.30. The number of nitrogens with one attached hydrogen (secondary N) is 1. The topological polar surface area (TPSA) is 63.9 Å². The number of amides is 1. The number of benzene rings is 1. The lowest BCUT2D eigenvalue weighted by molar-refractivity contribution is -0.130. The molecule has 2 heterocycles. The van der Waals surface area contributed by atoms with Gasteiger partial charge in [0.2, 0.25) is 6.10 Å². The molecule has 0 spiro atoms. The van der Waals surface area contributed by atoms with Gasteiger partial charge in [-0.1, -0.05) is 12.1 Å². The molecule has 140 valence electrons. The van der Waals surface area contributed by atoms with Crippen LogP contribution < -0.4 is 14.8 Å². The maximum Gasteiger partial charge on any atom is 0.264 e. The van der Waals surface area contributed by atoms with Crippen LogP contribution in [-0.2, 0) is 17.1 Å². The largest absolute Gasteiger partial charge is 0.485 e. The zero-order chi connectivity index (χ0) is 18.4. The van der Waals surface area contributed by atoms with Crippen molar-refractivity contribution in [1.82, 2.24) is 10.2 Å². The van der Waals surface area contributed by atoms with Crippen LogP contribution in [0.3, 0.4) is 0 Å². The number of carbonyl (C=O) groups excluding carboxylic acids is 1. The SMILES string of the molecule is CN(C)Cc1ccc(CSCCNC(=O)C2COc3ccccc3O2)o1. The summed E-state index contributed by atoms with van der Waals surface area (Å²) in [6.07, 6.45) is -0.603. The van der Waals surface area contributed by atoms with Crippen molar-refractivity contribution in [3.63, 3.8) is 0 Å². The normalized spacial score (nSPS) is 15.9. The molecule has 0 saturated carbocycles. The Bertz CT molecular complexity index is 732. The fourth-order valence-corrected chi connectivity index (χ4v) is 3.33. The average molecular weight is 376 g/mol. The molecule has 0 saturated heterocycles. The summed E-state index contributed by atoms with van der Waals surface area (Å²) in [5, 5.41) is 2.90. The lowest BCUT2D eigenvalue weighted by Crippen LogP contribution is -2.44. The van der Waals surface area contributed by atoms with E-state index in [9.17, 15) is 4.79 Å². The van der Waals surface area contributed by atoms with E-state index in [1.165, 1.54) is 0 Å². The number of rotatable bonds is 8. The van der Waals surface area contributed by atoms with Crippen molar-refractivity contribution >= 4 is 17.7 Å². The average Bonchev–Trinajstić information content (AvgIpc) is 3.07. The lowest BCUT2D eigenvalue weighted by atomic mass is 10.2. The molecule has 1 atom stereocenters. The highest BCUT2D eigenvalue weighted by atomic mass is 32.2. The molecule has 0 radical (unpaired) electrons. The number of hydrogen-bond acceptors (Lipinski definition) is 6. The van der Waals surface area contributed by atoms with E-state index in [-0.39, 0.29) is 12.5 Å². The smallest absolute Gasteiger partial charge is 0.264 e. The Morgan fingerprint density at radius 3 is 2.77 bits per heavy atom. The quantitative estimate of drug-likeness (QED) is 0.715. The minimum absolute atomic E-state index is 0.147. The third kappa shape index (κ3) is 5.19. The van der Waals surface area contributed by atoms with E-state index < -0.39 is 6.10 Å². The number of para-hydroxylation sites is 2. The summed E-state index contributed by atoms with van der Waals surface area (Å²) in [4.78, 5) is 14.3. The Balaban J connectivity index is 1.34. The van der Waals surface area contributed by atoms with Gasteiger partial charge in [0.15, 0.2) is 11.5 Å². The Morgan fingerprint density at radius 2 is 1.96 bits per heavy atom. The van der Waals surface area contributed by atoms with Crippen molar-refractivity contribution in [2.24, 2.45) is 0 Å². The third-order valence-electron chi connectivity index (χ3n) is 3.78. The zero-order valence-corrected chi connectivity index (χ0v) is 15.9. The van der Waals surface area contributed by atoms with Crippen LogP contribution in [0.5, 0.6) is 11.5 Å². The highest BCUT2D eigenvalue weighted by molar-refractivity contribution is 7.98. The van der Waals surface area contributed by atoms with Crippen LogP contribution in [0.4, 0.5) is 0 Å². The molecule has 1 unspecified atom stereocenters. The van der Waals surface area contributed by atoms with Crippen molar-refractivity contribution in [3.05, 3.63) is 47.9 Å². The van der Waals surface area contributed by atoms with Gasteiger partial charge in [0, 0.05) is 12.3 Å². The summed E-state index contributed by atoms with van der Waals surface area (Å²) in [5.74, 6) is 4.66. The van der Waals surface area contributed by atoms with Crippen molar-refractivity contribution in [1.29, 1.82) is 0 Å². The minimum atomic E-state index is -0.603. The van der Waals surface area contributed by atoms with Gasteiger partial charge in [-0.2, -0.15) is 11.8 Å². The van der Waals surface area contributed by atoms with E-state index in [4.69, 9.17) is 13.9 Å². The first-order valence-electron chi connectivity index (χ1n) is 8.58. The molecule has 1 aliphatic heterocycles. The number of hydrogen-bond donors (Lipinski definition) is 1. The molecule has 1 aliphatic rings. The number of thioether (sulfide) groups is 1. The number of ether oxygens (including phenoxy) is 2. The molecule has 6 nitrogen and oxygen atoms in total. The van der Waals surface area contributed by atoms with Gasteiger partial charge >= 0.3 is 0 Å². The van der Waals surface area contributed by atoms with Crippen LogP contribution >= 0.6 is 11.8 Å². The van der Waals surface area contributed by atoms with Crippen LogP contribution in [0, 0.1) is 0 Å². The highest BCUT2D eigenvalue weighted by Gasteiger charge is 2.26. The number of nitrogens with zero attached hydrogens (tertiary/aromatic N) is 1. The van der Waals surface area contributed by atoms with E-state index in [1.807, 2.05) is 44.4 Å². The molecule has 2 aromatic rings. The van der Waals surface area contributed by atoms with Gasteiger partial charge in [0.05, 0.1) is 12.3 Å². The van der Waals surface area contributed by atoms with Gasteiger partial charge in [-0.3, -0.25) is 4.79 Å². The Labute approximate surface area is 157 Å². The first-order chi connectivity index (χ1) is 12.6. The maximum atomic E-state index is 12.2. The fraction of sp³-hybridized carbons (Fsp3) is 0.421. The van der Waals surface area contributed by atoms with Gasteiger partial charge in [-0.05, 0) is 38.4 Å².